The number of hydrogen-bond donors (Lipinski definition) is 0. The van der Waals surface area contributed by atoms with E-state index in [1.165, 1.54) is 135 Å². The van der Waals surface area contributed by atoms with Gasteiger partial charge in [-0.1, -0.05) is 254 Å². The fraction of sp³-hybridized carbons (Fsp3) is 0.726. The van der Waals surface area contributed by atoms with Crippen LogP contribution in [0, 0.1) is 0 Å². The minimum atomic E-state index is -0.812. The summed E-state index contributed by atoms with van der Waals surface area (Å²) in [7, 11) is 0. The van der Waals surface area contributed by atoms with E-state index in [0.29, 0.717) is 19.3 Å². The van der Waals surface area contributed by atoms with Crippen molar-refractivity contribution in [3.05, 3.63) is 85.1 Å². The first-order valence-electron chi connectivity index (χ1n) is 28.6. The summed E-state index contributed by atoms with van der Waals surface area (Å²) in [6.45, 7) is 6.46. The summed E-state index contributed by atoms with van der Waals surface area (Å²) in [5.41, 5.74) is 0. The van der Waals surface area contributed by atoms with Gasteiger partial charge in [0.15, 0.2) is 6.10 Å². The summed E-state index contributed by atoms with van der Waals surface area (Å²) in [6.07, 6.45) is 73.0. The van der Waals surface area contributed by atoms with Crippen molar-refractivity contribution in [1.29, 1.82) is 0 Å². The quantitative estimate of drug-likeness (QED) is 0.0262. The molecule has 6 nitrogen and oxygen atoms in total. The molecule has 1 unspecified atom stereocenters. The van der Waals surface area contributed by atoms with E-state index in [1.54, 1.807) is 0 Å². The molecular formula is C62H106O6. The summed E-state index contributed by atoms with van der Waals surface area (Å²) in [4.78, 5) is 38.1. The van der Waals surface area contributed by atoms with Crippen LogP contribution in [-0.2, 0) is 28.6 Å². The number of ether oxygens (including phenoxy) is 3. The molecule has 0 radical (unpaired) electrons. The Morgan fingerprint density at radius 1 is 0.309 bits per heavy atom. The summed E-state index contributed by atoms with van der Waals surface area (Å²) in [6, 6.07) is 0. The van der Waals surface area contributed by atoms with Gasteiger partial charge >= 0.3 is 17.9 Å². The molecule has 0 fully saturated rings. The maximum atomic E-state index is 12.8. The van der Waals surface area contributed by atoms with Crippen molar-refractivity contribution in [1.82, 2.24) is 0 Å². The zero-order chi connectivity index (χ0) is 49.3. The van der Waals surface area contributed by atoms with E-state index in [-0.39, 0.29) is 37.5 Å². The lowest BCUT2D eigenvalue weighted by Gasteiger charge is -2.18. The van der Waals surface area contributed by atoms with Crippen molar-refractivity contribution < 1.29 is 28.6 Å². The average Bonchev–Trinajstić information content (AvgIpc) is 3.34. The summed E-state index contributed by atoms with van der Waals surface area (Å²) < 4.78 is 16.8. The van der Waals surface area contributed by atoms with Crippen LogP contribution in [-0.4, -0.2) is 37.2 Å². The predicted molar refractivity (Wildman–Crippen MR) is 293 cm³/mol. The van der Waals surface area contributed by atoms with Crippen LogP contribution in [0.5, 0.6) is 0 Å². The molecule has 0 saturated heterocycles. The molecule has 0 bridgehead atoms. The molecule has 6 heteroatoms. The van der Waals surface area contributed by atoms with Crippen LogP contribution in [0.25, 0.3) is 0 Å². The van der Waals surface area contributed by atoms with Crippen LogP contribution >= 0.6 is 0 Å². The molecule has 1 atom stereocenters. The van der Waals surface area contributed by atoms with Crippen LogP contribution in [0.3, 0.4) is 0 Å². The maximum Gasteiger partial charge on any atom is 0.306 e. The lowest BCUT2D eigenvalue weighted by molar-refractivity contribution is -0.166. The van der Waals surface area contributed by atoms with Crippen molar-refractivity contribution in [3.8, 4) is 0 Å². The van der Waals surface area contributed by atoms with Crippen molar-refractivity contribution in [3.63, 3.8) is 0 Å². The molecule has 0 N–H and O–H groups in total. The van der Waals surface area contributed by atoms with E-state index >= 15 is 0 Å². The van der Waals surface area contributed by atoms with Gasteiger partial charge in [0.25, 0.3) is 0 Å². The number of esters is 3. The highest BCUT2D eigenvalue weighted by molar-refractivity contribution is 5.71. The minimum Gasteiger partial charge on any atom is -0.462 e. The first kappa shape index (κ1) is 64.6. The zero-order valence-electron chi connectivity index (χ0n) is 44.6. The van der Waals surface area contributed by atoms with Crippen LogP contribution in [0.2, 0.25) is 0 Å². The fourth-order valence-corrected chi connectivity index (χ4v) is 7.88. The minimum absolute atomic E-state index is 0.106. The number of unbranched alkanes of at least 4 members (excludes halogenated alkanes) is 26. The molecule has 0 aromatic heterocycles. The number of allylic oxidation sites excluding steroid dienone is 14. The highest BCUT2D eigenvalue weighted by Gasteiger charge is 2.19. The Hall–Kier alpha value is -3.41. The molecule has 0 aromatic rings. The molecule has 0 aliphatic carbocycles. The number of rotatable bonds is 51. The molecule has 0 aliphatic rings. The SMILES string of the molecule is CC/C=C\C/C=C\C/C=C\C/C=C\C/C=C\C/C=C\CCC(=O)OCC(COC(=O)CCCCC/C=C\CCCCCCCCC)OC(=O)CCCCCCCCCCCCCCCCCCC. The van der Waals surface area contributed by atoms with E-state index < -0.39 is 6.10 Å². The van der Waals surface area contributed by atoms with Crippen LogP contribution in [0.4, 0.5) is 0 Å². The Morgan fingerprint density at radius 2 is 0.603 bits per heavy atom. The summed E-state index contributed by atoms with van der Waals surface area (Å²) in [5.74, 6) is -1.000. The normalized spacial score (nSPS) is 12.7. The van der Waals surface area contributed by atoms with Crippen molar-refractivity contribution >= 4 is 17.9 Å². The van der Waals surface area contributed by atoms with Crippen LogP contribution in [0.1, 0.15) is 271 Å². The van der Waals surface area contributed by atoms with Crippen LogP contribution in [0.15, 0.2) is 85.1 Å². The van der Waals surface area contributed by atoms with E-state index in [4.69, 9.17) is 14.2 Å². The Balaban J connectivity index is 4.49. The van der Waals surface area contributed by atoms with E-state index in [1.807, 2.05) is 6.08 Å². The second kappa shape index (κ2) is 56.2. The Morgan fingerprint density at radius 3 is 1.00 bits per heavy atom. The molecule has 0 amide bonds. The lowest BCUT2D eigenvalue weighted by Crippen LogP contribution is -2.30. The van der Waals surface area contributed by atoms with E-state index in [2.05, 4.69) is 99.8 Å². The molecule has 0 heterocycles. The third-order valence-corrected chi connectivity index (χ3v) is 12.1. The standard InChI is InChI=1S/C62H106O6/c1-4-7-10-13-16-19-22-25-28-30-31-33-34-37-40-43-46-49-52-55-61(64)67-58-59(57-66-60(63)54-51-48-45-42-39-36-27-24-21-18-15-12-9-6-3)68-62(65)56-53-50-47-44-41-38-35-32-29-26-23-20-17-14-11-8-5-2/h7,10,16,19,25,28,31,33,36-37,39-40,46,49,59H,4-6,8-9,11-15,17-18,20-24,26-27,29-30,32,34-35,38,41-45,47-48,50-58H2,1-3H3/b10-7-,19-16-,28-25-,33-31-,39-36-,40-37-,49-46-. The predicted octanol–water partition coefficient (Wildman–Crippen LogP) is 19.2. The highest BCUT2D eigenvalue weighted by atomic mass is 16.6. The number of carbonyl (C=O) groups excluding carboxylic acids is 3. The van der Waals surface area contributed by atoms with Crippen LogP contribution < -0.4 is 0 Å². The highest BCUT2D eigenvalue weighted by Crippen LogP contribution is 2.16. The van der Waals surface area contributed by atoms with Crippen molar-refractivity contribution in [2.24, 2.45) is 0 Å². The average molecular weight is 948 g/mol. The van der Waals surface area contributed by atoms with Gasteiger partial charge in [-0.3, -0.25) is 14.4 Å². The smallest absolute Gasteiger partial charge is 0.306 e. The van der Waals surface area contributed by atoms with E-state index in [9.17, 15) is 14.4 Å². The van der Waals surface area contributed by atoms with Gasteiger partial charge in [-0.25, -0.2) is 0 Å². The van der Waals surface area contributed by atoms with Crippen molar-refractivity contribution in [2.45, 2.75) is 277 Å². The Labute approximate surface area is 420 Å². The molecule has 0 saturated carbocycles. The molecule has 390 valence electrons. The maximum absolute atomic E-state index is 12.8. The van der Waals surface area contributed by atoms with Gasteiger partial charge in [0.2, 0.25) is 0 Å². The largest absolute Gasteiger partial charge is 0.462 e. The van der Waals surface area contributed by atoms with Gasteiger partial charge in [0.1, 0.15) is 13.2 Å². The molecule has 0 aromatic carbocycles. The van der Waals surface area contributed by atoms with Gasteiger partial charge < -0.3 is 14.2 Å². The van der Waals surface area contributed by atoms with Gasteiger partial charge in [0.05, 0.1) is 0 Å². The second-order valence-electron chi connectivity index (χ2n) is 18.8. The van der Waals surface area contributed by atoms with Gasteiger partial charge in [-0.05, 0) is 83.5 Å². The Bertz CT molecular complexity index is 1320. The summed E-state index contributed by atoms with van der Waals surface area (Å²) in [5, 5.41) is 0. The molecule has 0 rings (SSSR count). The molecule has 0 spiro atoms. The second-order valence-corrected chi connectivity index (χ2v) is 18.8. The molecule has 68 heavy (non-hydrogen) atoms. The molecule has 0 aliphatic heterocycles. The topological polar surface area (TPSA) is 78.9 Å². The van der Waals surface area contributed by atoms with Gasteiger partial charge in [-0.15, -0.1) is 0 Å². The van der Waals surface area contributed by atoms with Gasteiger partial charge in [0, 0.05) is 19.3 Å². The Kier molecular flexibility index (Phi) is 53.4. The third-order valence-electron chi connectivity index (χ3n) is 12.1. The van der Waals surface area contributed by atoms with Crippen molar-refractivity contribution in [2.75, 3.05) is 13.2 Å². The lowest BCUT2D eigenvalue weighted by atomic mass is 10.0. The van der Waals surface area contributed by atoms with E-state index in [0.717, 1.165) is 89.9 Å². The first-order valence-corrected chi connectivity index (χ1v) is 28.6. The fourth-order valence-electron chi connectivity index (χ4n) is 7.88. The van der Waals surface area contributed by atoms with Gasteiger partial charge in [-0.2, -0.15) is 0 Å². The molecular weight excluding hydrogens is 841 g/mol. The number of hydrogen-bond acceptors (Lipinski definition) is 6. The monoisotopic (exact) mass is 947 g/mol. The zero-order valence-corrected chi connectivity index (χ0v) is 44.6. The first-order chi connectivity index (χ1) is 33.5. The third kappa shape index (κ3) is 53.5. The summed E-state index contributed by atoms with van der Waals surface area (Å²) >= 11 is 0. The number of carbonyl (C=O) groups is 3.